The van der Waals surface area contributed by atoms with Crippen LogP contribution < -0.4 is 10.2 Å². The van der Waals surface area contributed by atoms with Gasteiger partial charge in [0, 0.05) is 43.5 Å². The highest BCUT2D eigenvalue weighted by Gasteiger charge is 2.23. The lowest BCUT2D eigenvalue weighted by molar-refractivity contribution is 0.230. The molecular weight excluding hydrogens is 244 g/mol. The van der Waals surface area contributed by atoms with Gasteiger partial charge in [-0.05, 0) is 6.92 Å². The molecule has 1 radical (unpaired) electrons. The Bertz CT molecular complexity index is 555. The molecule has 0 unspecified atom stereocenters. The van der Waals surface area contributed by atoms with E-state index in [1.54, 1.807) is 6.20 Å². The van der Waals surface area contributed by atoms with Crippen molar-refractivity contribution in [3.05, 3.63) is 30.4 Å². The fourth-order valence-corrected chi connectivity index (χ4v) is 2.01. The van der Waals surface area contributed by atoms with Crippen LogP contribution in [0.2, 0.25) is 0 Å². The van der Waals surface area contributed by atoms with Gasteiger partial charge in [-0.25, -0.2) is 4.98 Å². The van der Waals surface area contributed by atoms with Crippen molar-refractivity contribution < 1.29 is 5.11 Å². The molecule has 3 N–H and O–H groups in total. The van der Waals surface area contributed by atoms with Crippen LogP contribution in [0.5, 0.6) is 0 Å². The van der Waals surface area contributed by atoms with E-state index in [9.17, 15) is 5.11 Å². The number of aromatic amines is 1. The molecule has 1 fully saturated rings. The van der Waals surface area contributed by atoms with Crippen molar-refractivity contribution >= 4 is 17.6 Å². The van der Waals surface area contributed by atoms with Gasteiger partial charge in [-0.3, -0.25) is 5.10 Å². The molecule has 0 aromatic carbocycles. The van der Waals surface area contributed by atoms with Crippen molar-refractivity contribution in [2.75, 3.05) is 23.3 Å². The maximum Gasteiger partial charge on any atom is 0.227 e. The molecule has 0 aliphatic carbocycles. The second kappa shape index (κ2) is 4.85. The minimum absolute atomic E-state index is 0.410. The molecule has 2 aromatic heterocycles. The number of aliphatic hydroxyl groups is 1. The van der Waals surface area contributed by atoms with Crippen LogP contribution in [0, 0.1) is 13.3 Å². The number of hydrogen-bond acceptors (Lipinski definition) is 6. The average molecular weight is 259 g/mol. The second-order valence-corrected chi connectivity index (χ2v) is 4.49. The number of nitrogens with zero attached hydrogens (tertiary/aromatic N) is 4. The number of H-pyrrole nitrogens is 1. The highest BCUT2D eigenvalue weighted by Crippen LogP contribution is 2.20. The van der Waals surface area contributed by atoms with Crippen LogP contribution in [0.1, 0.15) is 5.69 Å². The summed E-state index contributed by atoms with van der Waals surface area (Å²) in [7, 11) is 0. The van der Waals surface area contributed by atoms with E-state index in [0.29, 0.717) is 30.7 Å². The smallest absolute Gasteiger partial charge is 0.227 e. The third-order valence-electron chi connectivity index (χ3n) is 2.89. The van der Waals surface area contributed by atoms with Crippen molar-refractivity contribution in [1.82, 2.24) is 20.2 Å². The zero-order valence-corrected chi connectivity index (χ0v) is 10.5. The van der Waals surface area contributed by atoms with E-state index >= 15 is 0 Å². The monoisotopic (exact) mass is 259 g/mol. The Hall–Kier alpha value is -2.15. The number of β-amino-alcohol motifs (C(OH)–C–C–N with tert-alkyl or cyclic N) is 1. The molecule has 0 saturated carbocycles. The van der Waals surface area contributed by atoms with Gasteiger partial charge in [0.25, 0.3) is 0 Å². The number of anilines is 3. The highest BCUT2D eigenvalue weighted by atomic mass is 16.3. The number of rotatable bonds is 3. The zero-order valence-electron chi connectivity index (χ0n) is 10.5. The summed E-state index contributed by atoms with van der Waals surface area (Å²) in [6.45, 7) is 3.11. The van der Waals surface area contributed by atoms with Gasteiger partial charge in [-0.1, -0.05) is 0 Å². The lowest BCUT2D eigenvalue weighted by Gasteiger charge is -2.16. The molecule has 1 aliphatic rings. The fourth-order valence-electron chi connectivity index (χ4n) is 2.01. The number of nitrogens with one attached hydrogen (secondary N) is 2. The first kappa shape index (κ1) is 11.9. The van der Waals surface area contributed by atoms with Gasteiger partial charge >= 0.3 is 0 Å². The molecule has 2 aromatic rings. The molecule has 3 rings (SSSR count). The van der Waals surface area contributed by atoms with Crippen LogP contribution in [0.3, 0.4) is 0 Å². The van der Waals surface area contributed by atoms with Crippen LogP contribution in [0.25, 0.3) is 0 Å². The van der Waals surface area contributed by atoms with E-state index in [-0.39, 0.29) is 0 Å². The molecular formula is C12H15N6O. The van der Waals surface area contributed by atoms with Gasteiger partial charge in [0.2, 0.25) is 5.95 Å². The summed E-state index contributed by atoms with van der Waals surface area (Å²) >= 11 is 0. The molecule has 0 bridgehead atoms. The molecule has 0 amide bonds. The van der Waals surface area contributed by atoms with E-state index in [0.717, 1.165) is 5.69 Å². The minimum atomic E-state index is -0.410. The molecule has 19 heavy (non-hydrogen) atoms. The fraction of sp³-hybridized carbons (Fsp3) is 0.333. The summed E-state index contributed by atoms with van der Waals surface area (Å²) in [6, 6.07) is 3.68. The van der Waals surface area contributed by atoms with Crippen LogP contribution in [-0.2, 0) is 0 Å². The lowest BCUT2D eigenvalue weighted by atomic mass is 10.3. The molecule has 0 spiro atoms. The van der Waals surface area contributed by atoms with Gasteiger partial charge in [0.1, 0.15) is 5.82 Å². The first-order chi connectivity index (χ1) is 9.20. The van der Waals surface area contributed by atoms with E-state index in [4.69, 9.17) is 0 Å². The van der Waals surface area contributed by atoms with Crippen molar-refractivity contribution in [2.24, 2.45) is 0 Å². The molecule has 1 atom stereocenters. The van der Waals surface area contributed by atoms with Gasteiger partial charge in [0.05, 0.1) is 6.10 Å². The SMILES string of the molecule is Cc1cc(Nc2cc[nH]n2)nc(N2C[CH][C@@H](O)C2)n1. The third-order valence-corrected chi connectivity index (χ3v) is 2.89. The zero-order chi connectivity index (χ0) is 13.2. The number of aryl methyl sites for hydroxylation is 1. The Labute approximate surface area is 110 Å². The minimum Gasteiger partial charge on any atom is -0.391 e. The van der Waals surface area contributed by atoms with Crippen LogP contribution in [-0.4, -0.2) is 44.5 Å². The van der Waals surface area contributed by atoms with Crippen LogP contribution >= 0.6 is 0 Å². The Kier molecular flexibility index (Phi) is 3.04. The van der Waals surface area contributed by atoms with Crippen molar-refractivity contribution in [2.45, 2.75) is 13.0 Å². The molecule has 1 saturated heterocycles. The maximum atomic E-state index is 9.52. The summed E-state index contributed by atoms with van der Waals surface area (Å²) in [5.74, 6) is 2.01. The number of hydrogen-bond donors (Lipinski definition) is 3. The normalized spacial score (nSPS) is 18.8. The Morgan fingerprint density at radius 1 is 1.42 bits per heavy atom. The number of aliphatic hydroxyl groups excluding tert-OH is 1. The van der Waals surface area contributed by atoms with E-state index in [1.165, 1.54) is 0 Å². The summed E-state index contributed by atoms with van der Waals surface area (Å²) in [5, 5.41) is 19.4. The van der Waals surface area contributed by atoms with Crippen molar-refractivity contribution in [3.8, 4) is 0 Å². The number of aromatic nitrogens is 4. The van der Waals surface area contributed by atoms with Crippen LogP contribution in [0.15, 0.2) is 18.3 Å². The summed E-state index contributed by atoms with van der Waals surface area (Å²) in [6.07, 6.45) is 3.17. The van der Waals surface area contributed by atoms with E-state index in [1.807, 2.05) is 30.4 Å². The quantitative estimate of drug-likeness (QED) is 0.749. The topological polar surface area (TPSA) is 90.0 Å². The molecule has 7 nitrogen and oxygen atoms in total. The van der Waals surface area contributed by atoms with Crippen molar-refractivity contribution in [3.63, 3.8) is 0 Å². The maximum absolute atomic E-state index is 9.52. The second-order valence-electron chi connectivity index (χ2n) is 4.49. The summed E-state index contributed by atoms with van der Waals surface area (Å²) in [4.78, 5) is 10.8. The predicted octanol–water partition coefficient (Wildman–Crippen LogP) is 0.637. The van der Waals surface area contributed by atoms with E-state index in [2.05, 4.69) is 25.5 Å². The van der Waals surface area contributed by atoms with Crippen LogP contribution in [0.4, 0.5) is 17.6 Å². The predicted molar refractivity (Wildman–Crippen MR) is 71.2 cm³/mol. The van der Waals surface area contributed by atoms with Crippen molar-refractivity contribution in [1.29, 1.82) is 0 Å². The van der Waals surface area contributed by atoms with E-state index < -0.39 is 6.10 Å². The summed E-state index contributed by atoms with van der Waals surface area (Å²) in [5.41, 5.74) is 0.865. The molecule has 1 aliphatic heterocycles. The van der Waals surface area contributed by atoms with Gasteiger partial charge in [0.15, 0.2) is 5.82 Å². The molecule has 3 heterocycles. The van der Waals surface area contributed by atoms with Gasteiger partial charge in [-0.2, -0.15) is 10.1 Å². The largest absolute Gasteiger partial charge is 0.391 e. The van der Waals surface area contributed by atoms with Gasteiger partial charge in [-0.15, -0.1) is 0 Å². The molecule has 99 valence electrons. The lowest BCUT2D eigenvalue weighted by Crippen LogP contribution is -2.23. The van der Waals surface area contributed by atoms with Gasteiger partial charge < -0.3 is 15.3 Å². The highest BCUT2D eigenvalue weighted by molar-refractivity contribution is 5.54. The Balaban J connectivity index is 1.83. The average Bonchev–Trinajstić information content (AvgIpc) is 3.00. The Morgan fingerprint density at radius 3 is 3.00 bits per heavy atom. The standard InChI is InChI=1S/C12H15N6O/c1-8-6-11(15-10-2-4-13-17-10)16-12(14-8)18-5-3-9(19)7-18/h2-4,6,9,19H,5,7H2,1H3,(H2,13,14,15,16,17)/t9-/m1/s1. The summed E-state index contributed by atoms with van der Waals surface area (Å²) < 4.78 is 0. The third kappa shape index (κ3) is 2.65. The first-order valence-corrected chi connectivity index (χ1v) is 6.09. The Morgan fingerprint density at radius 2 is 2.32 bits per heavy atom. The first-order valence-electron chi connectivity index (χ1n) is 6.09. The molecule has 7 heteroatoms.